The van der Waals surface area contributed by atoms with Gasteiger partial charge in [0, 0.05) is 6.42 Å². The van der Waals surface area contributed by atoms with E-state index in [9.17, 15) is 17.6 Å². The van der Waals surface area contributed by atoms with Crippen LogP contribution in [0.3, 0.4) is 0 Å². The van der Waals surface area contributed by atoms with Crippen molar-refractivity contribution >= 4 is 15.9 Å². The Bertz CT molecular complexity index is 186. The molecule has 8 heteroatoms. The van der Waals surface area contributed by atoms with Crippen LogP contribution in [0.2, 0.25) is 0 Å². The average Bonchev–Trinajstić information content (AvgIpc) is 2.10. The van der Waals surface area contributed by atoms with Crippen molar-refractivity contribution in [2.45, 2.75) is 23.3 Å². The number of ether oxygens (including phenoxy) is 1. The highest BCUT2D eigenvalue weighted by molar-refractivity contribution is 9.10. The number of hydrogen-bond acceptors (Lipinski definition) is 3. The molecule has 0 saturated heterocycles. The molecule has 15 heavy (non-hydrogen) atoms. The smallest absolute Gasteiger partial charge is 0.363 e. The van der Waals surface area contributed by atoms with Crippen molar-refractivity contribution in [1.82, 2.24) is 0 Å². The molecule has 0 bridgehead atoms. The van der Waals surface area contributed by atoms with Gasteiger partial charge in [0.15, 0.2) is 0 Å². The molecule has 0 aromatic heterocycles. The third kappa shape index (κ3) is 5.64. The minimum absolute atomic E-state index is 0.375. The highest BCUT2D eigenvalue weighted by atomic mass is 79.9. The molecule has 0 heterocycles. The summed E-state index contributed by atoms with van der Waals surface area (Å²) in [6.45, 7) is -1.59. The predicted octanol–water partition coefficient (Wildman–Crippen LogP) is 1.37. The van der Waals surface area contributed by atoms with E-state index in [1.807, 2.05) is 0 Å². The highest BCUT2D eigenvalue weighted by Crippen LogP contribution is 2.41. The van der Waals surface area contributed by atoms with Gasteiger partial charge in [0.25, 0.3) is 0 Å². The van der Waals surface area contributed by atoms with Gasteiger partial charge in [-0.05, 0) is 15.9 Å². The molecule has 0 aliphatic rings. The molecule has 0 aliphatic heterocycles. The zero-order chi connectivity index (χ0) is 12.1. The second kappa shape index (κ2) is 5.97. The summed E-state index contributed by atoms with van der Waals surface area (Å²) in [5.41, 5.74) is 0. The summed E-state index contributed by atoms with van der Waals surface area (Å²) in [5, 5.41) is 17.0. The monoisotopic (exact) mass is 298 g/mol. The van der Waals surface area contributed by atoms with Gasteiger partial charge in [-0.2, -0.15) is 17.6 Å². The molecule has 0 radical (unpaired) electrons. The number of hydrogen-bond donors (Lipinski definition) is 2. The fraction of sp³-hybridized carbons (Fsp3) is 1.00. The van der Waals surface area contributed by atoms with Gasteiger partial charge < -0.3 is 14.9 Å². The second-order valence-corrected chi connectivity index (χ2v) is 3.86. The fourth-order valence-electron chi connectivity index (χ4n) is 0.614. The van der Waals surface area contributed by atoms with E-state index >= 15 is 0 Å². The highest BCUT2D eigenvalue weighted by Gasteiger charge is 2.53. The standard InChI is InChI=1S/C7H11BrF4O3/c8-7(11,12)6(9,10)1-2-15-4-5(14)3-13/h5,13-14H,1-4H2/t5-/m0/s1. The van der Waals surface area contributed by atoms with E-state index < -0.39 is 36.5 Å². The van der Waals surface area contributed by atoms with Crippen LogP contribution in [0.5, 0.6) is 0 Å². The topological polar surface area (TPSA) is 49.7 Å². The molecule has 0 fully saturated rings. The van der Waals surface area contributed by atoms with Crippen LogP contribution in [-0.2, 0) is 4.74 Å². The van der Waals surface area contributed by atoms with Crippen LogP contribution < -0.4 is 0 Å². The van der Waals surface area contributed by atoms with Gasteiger partial charge in [-0.3, -0.25) is 0 Å². The van der Waals surface area contributed by atoms with Crippen molar-refractivity contribution in [2.75, 3.05) is 19.8 Å². The van der Waals surface area contributed by atoms with Gasteiger partial charge >= 0.3 is 10.8 Å². The first-order valence-electron chi connectivity index (χ1n) is 4.02. The summed E-state index contributed by atoms with van der Waals surface area (Å²) in [5.74, 6) is -4.21. The molecule has 3 nitrogen and oxygen atoms in total. The molecule has 0 unspecified atom stereocenters. The lowest BCUT2D eigenvalue weighted by atomic mass is 10.2. The maximum atomic E-state index is 12.5. The van der Waals surface area contributed by atoms with Crippen LogP contribution in [0.15, 0.2) is 0 Å². The Morgan fingerprint density at radius 1 is 1.27 bits per heavy atom. The van der Waals surface area contributed by atoms with Crippen LogP contribution in [-0.4, -0.2) is 46.9 Å². The normalized spacial score (nSPS) is 15.4. The Balaban J connectivity index is 3.77. The summed E-state index contributed by atoms with van der Waals surface area (Å²) in [7, 11) is 0. The zero-order valence-corrected chi connectivity index (χ0v) is 9.18. The first-order chi connectivity index (χ1) is 6.70. The Kier molecular flexibility index (Phi) is 6.01. The van der Waals surface area contributed by atoms with E-state index in [0.717, 1.165) is 0 Å². The lowest BCUT2D eigenvalue weighted by Gasteiger charge is -2.21. The second-order valence-electron chi connectivity index (χ2n) is 2.86. The minimum Gasteiger partial charge on any atom is -0.394 e. The SMILES string of the molecule is OC[C@H](O)COCCC(F)(F)C(F)(F)Br. The van der Waals surface area contributed by atoms with E-state index in [1.54, 1.807) is 15.9 Å². The Morgan fingerprint density at radius 3 is 2.20 bits per heavy atom. The number of aliphatic hydroxyl groups excluding tert-OH is 2. The molecule has 0 aliphatic carbocycles. The molecule has 0 saturated carbocycles. The molecule has 0 amide bonds. The van der Waals surface area contributed by atoms with E-state index in [-0.39, 0.29) is 6.61 Å². The number of alkyl halides is 5. The van der Waals surface area contributed by atoms with Crippen LogP contribution in [0.1, 0.15) is 6.42 Å². The maximum absolute atomic E-state index is 12.5. The molecule has 0 aromatic carbocycles. The van der Waals surface area contributed by atoms with Crippen molar-refractivity contribution in [3.05, 3.63) is 0 Å². The van der Waals surface area contributed by atoms with Gasteiger partial charge in [-0.15, -0.1) is 0 Å². The van der Waals surface area contributed by atoms with Crippen LogP contribution in [0.25, 0.3) is 0 Å². The van der Waals surface area contributed by atoms with Gasteiger partial charge in [0.1, 0.15) is 6.10 Å². The van der Waals surface area contributed by atoms with E-state index in [1.165, 1.54) is 0 Å². The number of aliphatic hydroxyl groups is 2. The third-order valence-electron chi connectivity index (χ3n) is 1.50. The molecular weight excluding hydrogens is 288 g/mol. The summed E-state index contributed by atoms with van der Waals surface area (Å²) < 4.78 is 53.9. The predicted molar refractivity (Wildman–Crippen MR) is 47.3 cm³/mol. The lowest BCUT2D eigenvalue weighted by Crippen LogP contribution is -2.36. The van der Waals surface area contributed by atoms with Crippen molar-refractivity contribution in [1.29, 1.82) is 0 Å². The zero-order valence-electron chi connectivity index (χ0n) is 7.60. The summed E-state index contributed by atoms with van der Waals surface area (Å²) in [6.07, 6.45) is -2.37. The number of rotatable bonds is 7. The van der Waals surface area contributed by atoms with Crippen molar-refractivity contribution < 1.29 is 32.5 Å². The van der Waals surface area contributed by atoms with Crippen LogP contribution in [0, 0.1) is 0 Å². The molecular formula is C7H11BrF4O3. The van der Waals surface area contributed by atoms with Crippen LogP contribution >= 0.6 is 15.9 Å². The average molecular weight is 299 g/mol. The van der Waals surface area contributed by atoms with Gasteiger partial charge in [-0.25, -0.2) is 0 Å². The lowest BCUT2D eigenvalue weighted by molar-refractivity contribution is -0.160. The van der Waals surface area contributed by atoms with Crippen molar-refractivity contribution in [2.24, 2.45) is 0 Å². The molecule has 1 atom stereocenters. The largest absolute Gasteiger partial charge is 0.394 e. The molecule has 0 rings (SSSR count). The molecule has 0 spiro atoms. The third-order valence-corrected chi connectivity index (χ3v) is 2.08. The minimum atomic E-state index is -4.28. The Hall–Kier alpha value is 0.0800. The van der Waals surface area contributed by atoms with Gasteiger partial charge in [0.2, 0.25) is 0 Å². The van der Waals surface area contributed by atoms with E-state index in [2.05, 4.69) is 4.74 Å². The Morgan fingerprint density at radius 2 is 1.80 bits per heavy atom. The van der Waals surface area contributed by atoms with Gasteiger partial charge in [0.05, 0.1) is 19.8 Å². The molecule has 92 valence electrons. The fourth-order valence-corrected chi connectivity index (χ4v) is 0.812. The number of halogens is 5. The first kappa shape index (κ1) is 15.1. The molecule has 2 N–H and O–H groups in total. The maximum Gasteiger partial charge on any atom is 0.363 e. The Labute approximate surface area is 92.2 Å². The summed E-state index contributed by atoms with van der Waals surface area (Å²) in [4.78, 5) is -4.28. The molecule has 0 aromatic rings. The van der Waals surface area contributed by atoms with Crippen molar-refractivity contribution in [3.8, 4) is 0 Å². The summed E-state index contributed by atoms with van der Waals surface area (Å²) in [6, 6.07) is 0. The first-order valence-corrected chi connectivity index (χ1v) is 4.81. The summed E-state index contributed by atoms with van der Waals surface area (Å²) >= 11 is 1.57. The van der Waals surface area contributed by atoms with E-state index in [0.29, 0.717) is 0 Å². The van der Waals surface area contributed by atoms with Gasteiger partial charge in [-0.1, -0.05) is 0 Å². The van der Waals surface area contributed by atoms with E-state index in [4.69, 9.17) is 10.2 Å². The quantitative estimate of drug-likeness (QED) is 0.424. The van der Waals surface area contributed by atoms with Crippen molar-refractivity contribution in [3.63, 3.8) is 0 Å². The van der Waals surface area contributed by atoms with Crippen LogP contribution in [0.4, 0.5) is 17.6 Å².